The van der Waals surface area contributed by atoms with Crippen molar-refractivity contribution in [3.05, 3.63) is 47.9 Å². The second-order valence-corrected chi connectivity index (χ2v) is 6.71. The van der Waals surface area contributed by atoms with Gasteiger partial charge in [0.25, 0.3) is 0 Å². The van der Waals surface area contributed by atoms with Gasteiger partial charge < -0.3 is 10.4 Å². The highest BCUT2D eigenvalue weighted by molar-refractivity contribution is 5.86. The zero-order valence-electron chi connectivity index (χ0n) is 14.4. The van der Waals surface area contributed by atoms with Gasteiger partial charge in [-0.15, -0.1) is 0 Å². The van der Waals surface area contributed by atoms with Gasteiger partial charge in [-0.1, -0.05) is 43.2 Å². The molecule has 0 unspecified atom stereocenters. The van der Waals surface area contributed by atoms with E-state index in [9.17, 15) is 5.11 Å². The summed E-state index contributed by atoms with van der Waals surface area (Å²) in [5.74, 6) is 2.06. The average Bonchev–Trinajstić information content (AvgIpc) is 3.31. The molecule has 0 amide bonds. The van der Waals surface area contributed by atoms with Crippen LogP contribution in [0.25, 0.3) is 11.0 Å². The molecule has 1 fully saturated rings. The number of nitrogens with zero attached hydrogens (tertiary/aromatic N) is 4. The summed E-state index contributed by atoms with van der Waals surface area (Å²) in [4.78, 5) is 9.59. The molecule has 1 aliphatic carbocycles. The lowest BCUT2D eigenvalue weighted by Gasteiger charge is -2.19. The molecule has 25 heavy (non-hydrogen) atoms. The fourth-order valence-corrected chi connectivity index (χ4v) is 3.60. The molecule has 1 aromatic carbocycles. The maximum absolute atomic E-state index is 9.87. The van der Waals surface area contributed by atoms with Crippen molar-refractivity contribution < 1.29 is 5.11 Å². The SMILES string of the molecule is Cn1ncc2c(N[C@H](CO)c3ccccc3)nc(C3CCCC3)nc21. The molecule has 2 aromatic heterocycles. The van der Waals surface area contributed by atoms with Gasteiger partial charge in [-0.3, -0.25) is 4.68 Å². The van der Waals surface area contributed by atoms with E-state index < -0.39 is 0 Å². The summed E-state index contributed by atoms with van der Waals surface area (Å²) in [6, 6.07) is 9.73. The summed E-state index contributed by atoms with van der Waals surface area (Å²) in [6.07, 6.45) is 6.55. The van der Waals surface area contributed by atoms with E-state index >= 15 is 0 Å². The van der Waals surface area contributed by atoms with Gasteiger partial charge in [0.15, 0.2) is 5.65 Å². The zero-order chi connectivity index (χ0) is 17.2. The normalized spacial score (nSPS) is 16.4. The number of aryl methyl sites for hydroxylation is 1. The van der Waals surface area contributed by atoms with Gasteiger partial charge in [-0.2, -0.15) is 5.10 Å². The van der Waals surface area contributed by atoms with Crippen LogP contribution in [0, 0.1) is 0 Å². The standard InChI is InChI=1S/C19H23N5O/c1-24-19-15(11-20-24)18(22-17(23-19)14-9-5-6-10-14)21-16(12-25)13-7-3-2-4-8-13/h2-4,7-8,11,14,16,25H,5-6,9-10,12H2,1H3,(H,21,22,23)/t16-/m1/s1. The molecule has 6 nitrogen and oxygen atoms in total. The van der Waals surface area contributed by atoms with Crippen molar-refractivity contribution in [3.63, 3.8) is 0 Å². The van der Waals surface area contributed by atoms with Crippen molar-refractivity contribution in [2.24, 2.45) is 7.05 Å². The molecule has 1 aliphatic rings. The van der Waals surface area contributed by atoms with Crippen LogP contribution >= 0.6 is 0 Å². The van der Waals surface area contributed by atoms with Crippen molar-refractivity contribution in [1.29, 1.82) is 0 Å². The second-order valence-electron chi connectivity index (χ2n) is 6.71. The van der Waals surface area contributed by atoms with E-state index in [0.29, 0.717) is 5.92 Å². The Bertz CT molecular complexity index is 855. The third kappa shape index (κ3) is 3.09. The Kier molecular flexibility index (Phi) is 4.36. The summed E-state index contributed by atoms with van der Waals surface area (Å²) in [5.41, 5.74) is 1.87. The molecule has 1 saturated carbocycles. The lowest BCUT2D eigenvalue weighted by Crippen LogP contribution is -2.17. The monoisotopic (exact) mass is 337 g/mol. The Morgan fingerprint density at radius 2 is 1.96 bits per heavy atom. The second kappa shape index (κ2) is 6.80. The number of hydrogen-bond acceptors (Lipinski definition) is 5. The quantitative estimate of drug-likeness (QED) is 0.748. The molecule has 0 bridgehead atoms. The van der Waals surface area contributed by atoms with E-state index in [1.807, 2.05) is 37.4 Å². The van der Waals surface area contributed by atoms with E-state index in [-0.39, 0.29) is 12.6 Å². The molecule has 2 N–H and O–H groups in total. The lowest BCUT2D eigenvalue weighted by atomic mass is 10.1. The maximum Gasteiger partial charge on any atom is 0.163 e. The molecule has 0 spiro atoms. The summed E-state index contributed by atoms with van der Waals surface area (Å²) < 4.78 is 1.79. The number of anilines is 1. The van der Waals surface area contributed by atoms with Crippen LogP contribution in [0.3, 0.4) is 0 Å². The van der Waals surface area contributed by atoms with Crippen LogP contribution < -0.4 is 5.32 Å². The van der Waals surface area contributed by atoms with Crippen molar-refractivity contribution in [2.45, 2.75) is 37.6 Å². The predicted molar refractivity (Wildman–Crippen MR) is 97.4 cm³/mol. The fourth-order valence-electron chi connectivity index (χ4n) is 3.60. The third-order valence-corrected chi connectivity index (χ3v) is 5.03. The minimum Gasteiger partial charge on any atom is -0.394 e. The Morgan fingerprint density at radius 1 is 1.20 bits per heavy atom. The Hall–Kier alpha value is -2.47. The molecule has 0 aliphatic heterocycles. The van der Waals surface area contributed by atoms with Crippen molar-refractivity contribution in [3.8, 4) is 0 Å². The molecule has 2 heterocycles. The molecule has 3 aromatic rings. The number of rotatable bonds is 5. The summed E-state index contributed by atoms with van der Waals surface area (Å²) in [5, 5.41) is 18.5. The highest BCUT2D eigenvalue weighted by Gasteiger charge is 2.23. The van der Waals surface area contributed by atoms with Crippen LogP contribution in [-0.2, 0) is 7.05 Å². The molecule has 1 atom stereocenters. The number of aromatic nitrogens is 4. The van der Waals surface area contributed by atoms with Gasteiger partial charge in [0.1, 0.15) is 11.6 Å². The number of aliphatic hydroxyl groups excluding tert-OH is 1. The first-order valence-corrected chi connectivity index (χ1v) is 8.88. The van der Waals surface area contributed by atoms with E-state index in [0.717, 1.165) is 41.1 Å². The molecular formula is C19H23N5O. The summed E-state index contributed by atoms with van der Waals surface area (Å²) >= 11 is 0. The molecular weight excluding hydrogens is 314 g/mol. The van der Waals surface area contributed by atoms with E-state index in [1.165, 1.54) is 12.8 Å². The van der Waals surface area contributed by atoms with Crippen LogP contribution in [0.5, 0.6) is 0 Å². The first kappa shape index (κ1) is 16.0. The topological polar surface area (TPSA) is 75.9 Å². The van der Waals surface area contributed by atoms with E-state index in [1.54, 1.807) is 10.9 Å². The minimum absolute atomic E-state index is 0.00542. The van der Waals surface area contributed by atoms with Crippen LogP contribution in [0.2, 0.25) is 0 Å². The number of benzene rings is 1. The number of aliphatic hydroxyl groups is 1. The predicted octanol–water partition coefficient (Wildman–Crippen LogP) is 3.17. The Morgan fingerprint density at radius 3 is 2.68 bits per heavy atom. The van der Waals surface area contributed by atoms with Crippen molar-refractivity contribution in [1.82, 2.24) is 19.7 Å². The van der Waals surface area contributed by atoms with Crippen molar-refractivity contribution in [2.75, 3.05) is 11.9 Å². The first-order chi connectivity index (χ1) is 12.3. The van der Waals surface area contributed by atoms with E-state index in [2.05, 4.69) is 10.4 Å². The smallest absolute Gasteiger partial charge is 0.163 e. The van der Waals surface area contributed by atoms with Gasteiger partial charge in [0, 0.05) is 13.0 Å². The molecule has 0 radical (unpaired) electrons. The number of hydrogen-bond donors (Lipinski definition) is 2. The molecule has 6 heteroatoms. The maximum atomic E-state index is 9.87. The minimum atomic E-state index is -0.212. The molecule has 4 rings (SSSR count). The highest BCUT2D eigenvalue weighted by Crippen LogP contribution is 2.34. The van der Waals surface area contributed by atoms with Gasteiger partial charge >= 0.3 is 0 Å². The van der Waals surface area contributed by atoms with Crippen LogP contribution in [0.4, 0.5) is 5.82 Å². The summed E-state index contributed by atoms with van der Waals surface area (Å²) in [6.45, 7) is -0.00542. The lowest BCUT2D eigenvalue weighted by molar-refractivity contribution is 0.276. The average molecular weight is 337 g/mol. The third-order valence-electron chi connectivity index (χ3n) is 5.03. The van der Waals surface area contributed by atoms with Gasteiger partial charge in [-0.25, -0.2) is 9.97 Å². The van der Waals surface area contributed by atoms with Gasteiger partial charge in [0.2, 0.25) is 0 Å². The summed E-state index contributed by atoms with van der Waals surface area (Å²) in [7, 11) is 1.90. The Balaban J connectivity index is 1.74. The van der Waals surface area contributed by atoms with Crippen LogP contribution in [0.1, 0.15) is 49.0 Å². The molecule has 0 saturated heterocycles. The van der Waals surface area contributed by atoms with E-state index in [4.69, 9.17) is 9.97 Å². The number of fused-ring (bicyclic) bond motifs is 1. The van der Waals surface area contributed by atoms with Gasteiger partial charge in [0.05, 0.1) is 24.2 Å². The molecule has 130 valence electrons. The van der Waals surface area contributed by atoms with Gasteiger partial charge in [-0.05, 0) is 18.4 Å². The zero-order valence-corrected chi connectivity index (χ0v) is 14.4. The van der Waals surface area contributed by atoms with Crippen LogP contribution in [0.15, 0.2) is 36.5 Å². The highest BCUT2D eigenvalue weighted by atomic mass is 16.3. The van der Waals surface area contributed by atoms with Crippen LogP contribution in [-0.4, -0.2) is 31.5 Å². The fraction of sp³-hybridized carbons (Fsp3) is 0.421. The number of nitrogens with one attached hydrogen (secondary N) is 1. The Labute approximate surface area is 146 Å². The largest absolute Gasteiger partial charge is 0.394 e. The van der Waals surface area contributed by atoms with Crippen molar-refractivity contribution >= 4 is 16.9 Å². The first-order valence-electron chi connectivity index (χ1n) is 8.88.